The lowest BCUT2D eigenvalue weighted by atomic mass is 10.1. The fourth-order valence-electron chi connectivity index (χ4n) is 2.67. The van der Waals surface area contributed by atoms with Gasteiger partial charge < -0.3 is 10.2 Å². The van der Waals surface area contributed by atoms with Crippen LogP contribution >= 0.6 is 0 Å². The van der Waals surface area contributed by atoms with Gasteiger partial charge in [-0.2, -0.15) is 5.10 Å². The lowest BCUT2D eigenvalue weighted by Crippen LogP contribution is -2.23. The number of rotatable bonds is 5. The van der Waals surface area contributed by atoms with Crippen LogP contribution in [0, 0.1) is 23.0 Å². The Morgan fingerprint density at radius 1 is 1.58 bits per heavy atom. The van der Waals surface area contributed by atoms with Crippen molar-refractivity contribution < 1.29 is 4.92 Å². The monoisotopic (exact) mass is 267 g/mol. The zero-order chi connectivity index (χ0) is 14.0. The summed E-state index contributed by atoms with van der Waals surface area (Å²) in [7, 11) is 1.73. The third kappa shape index (κ3) is 2.86. The van der Waals surface area contributed by atoms with Gasteiger partial charge in [-0.1, -0.05) is 6.92 Å². The van der Waals surface area contributed by atoms with Crippen LogP contribution in [-0.2, 0) is 7.05 Å². The Balaban J connectivity index is 2.02. The Labute approximate surface area is 112 Å². The van der Waals surface area contributed by atoms with Crippen molar-refractivity contribution in [1.29, 1.82) is 0 Å². The number of nitro groups is 1. The normalized spacial score (nSPS) is 19.8. The van der Waals surface area contributed by atoms with E-state index in [0.29, 0.717) is 17.4 Å². The Morgan fingerprint density at radius 3 is 2.89 bits per heavy atom. The molecule has 1 aliphatic heterocycles. The Morgan fingerprint density at radius 2 is 2.32 bits per heavy atom. The fraction of sp³-hybridized carbons (Fsp3) is 0.750. The molecule has 0 aliphatic carbocycles. The molecule has 1 unspecified atom stereocenters. The van der Waals surface area contributed by atoms with Gasteiger partial charge in [0.25, 0.3) is 0 Å². The molecular weight excluding hydrogens is 246 g/mol. The van der Waals surface area contributed by atoms with Gasteiger partial charge in [0.05, 0.1) is 4.92 Å². The first-order chi connectivity index (χ1) is 9.02. The van der Waals surface area contributed by atoms with Gasteiger partial charge in [0.1, 0.15) is 5.69 Å². The number of aromatic nitrogens is 2. The van der Waals surface area contributed by atoms with E-state index in [-0.39, 0.29) is 10.6 Å². The minimum absolute atomic E-state index is 0.0906. The molecule has 0 amide bonds. The van der Waals surface area contributed by atoms with E-state index >= 15 is 0 Å². The summed E-state index contributed by atoms with van der Waals surface area (Å²) >= 11 is 0. The Bertz CT molecular complexity index is 471. The highest BCUT2D eigenvalue weighted by atomic mass is 16.6. The molecule has 1 aliphatic rings. The smallest absolute Gasteiger partial charge is 0.333 e. The maximum absolute atomic E-state index is 11.1. The number of aryl methyl sites for hydroxylation is 2. The highest BCUT2D eigenvalue weighted by Gasteiger charge is 2.26. The van der Waals surface area contributed by atoms with Crippen molar-refractivity contribution in [3.05, 3.63) is 15.8 Å². The van der Waals surface area contributed by atoms with E-state index in [4.69, 9.17) is 0 Å². The van der Waals surface area contributed by atoms with Crippen LogP contribution in [0.25, 0.3) is 0 Å². The van der Waals surface area contributed by atoms with Gasteiger partial charge in [-0.25, -0.2) is 4.68 Å². The van der Waals surface area contributed by atoms with Crippen molar-refractivity contribution in [2.24, 2.45) is 13.0 Å². The molecule has 19 heavy (non-hydrogen) atoms. The van der Waals surface area contributed by atoms with Crippen molar-refractivity contribution in [3.63, 3.8) is 0 Å². The van der Waals surface area contributed by atoms with E-state index in [1.54, 1.807) is 18.7 Å². The number of hydrogen-bond donors (Lipinski definition) is 1. The summed E-state index contributed by atoms with van der Waals surface area (Å²) in [4.78, 5) is 13.1. The topological polar surface area (TPSA) is 76.2 Å². The molecule has 1 atom stereocenters. The minimum Gasteiger partial charge on any atom is -0.364 e. The molecule has 7 heteroatoms. The molecule has 2 heterocycles. The first kappa shape index (κ1) is 13.8. The second kappa shape index (κ2) is 5.56. The molecule has 0 radical (unpaired) electrons. The van der Waals surface area contributed by atoms with E-state index in [0.717, 1.165) is 32.6 Å². The minimum atomic E-state index is -0.363. The molecule has 0 bridgehead atoms. The fourth-order valence-corrected chi connectivity index (χ4v) is 2.67. The number of anilines is 1. The van der Waals surface area contributed by atoms with Crippen LogP contribution in [0.4, 0.5) is 11.5 Å². The van der Waals surface area contributed by atoms with Crippen molar-refractivity contribution in [2.75, 3.05) is 31.5 Å². The van der Waals surface area contributed by atoms with Crippen LogP contribution in [0.15, 0.2) is 0 Å². The zero-order valence-corrected chi connectivity index (χ0v) is 11.7. The molecule has 2 rings (SSSR count). The molecule has 7 nitrogen and oxygen atoms in total. The molecule has 0 aromatic carbocycles. The van der Waals surface area contributed by atoms with E-state index in [2.05, 4.69) is 22.2 Å². The number of nitrogens with zero attached hydrogens (tertiary/aromatic N) is 4. The largest absolute Gasteiger partial charge is 0.364 e. The lowest BCUT2D eigenvalue weighted by molar-refractivity contribution is -0.384. The molecule has 106 valence electrons. The third-order valence-corrected chi connectivity index (χ3v) is 3.75. The van der Waals surface area contributed by atoms with Crippen molar-refractivity contribution in [3.8, 4) is 0 Å². The highest BCUT2D eigenvalue weighted by Crippen LogP contribution is 2.28. The average molecular weight is 267 g/mol. The van der Waals surface area contributed by atoms with Crippen molar-refractivity contribution >= 4 is 11.5 Å². The van der Waals surface area contributed by atoms with Crippen LogP contribution in [0.3, 0.4) is 0 Å². The molecule has 0 spiro atoms. The first-order valence-corrected chi connectivity index (χ1v) is 6.67. The van der Waals surface area contributed by atoms with Crippen LogP contribution in [0.5, 0.6) is 0 Å². The Kier molecular flexibility index (Phi) is 4.04. The van der Waals surface area contributed by atoms with Gasteiger partial charge in [0.15, 0.2) is 0 Å². The summed E-state index contributed by atoms with van der Waals surface area (Å²) in [6.07, 6.45) is 1.14. The maximum atomic E-state index is 11.1. The lowest BCUT2D eigenvalue weighted by Gasteiger charge is -2.14. The van der Waals surface area contributed by atoms with E-state index in [1.165, 1.54) is 0 Å². The van der Waals surface area contributed by atoms with Gasteiger partial charge in [0.2, 0.25) is 5.82 Å². The Hall–Kier alpha value is -1.63. The standard InChI is InChI=1S/C12H21N5O2/c1-4-16-6-5-10(8-16)7-13-12-11(17(18)19)9(2)14-15(12)3/h10,13H,4-8H2,1-3H3. The van der Waals surface area contributed by atoms with Gasteiger partial charge >= 0.3 is 5.69 Å². The van der Waals surface area contributed by atoms with Crippen molar-refractivity contribution in [1.82, 2.24) is 14.7 Å². The molecule has 1 saturated heterocycles. The molecule has 1 N–H and O–H groups in total. The molecular formula is C12H21N5O2. The molecule has 1 fully saturated rings. The summed E-state index contributed by atoms with van der Waals surface area (Å²) in [6.45, 7) is 7.84. The molecule has 1 aromatic heterocycles. The number of nitrogens with one attached hydrogen (secondary N) is 1. The van der Waals surface area contributed by atoms with Crippen LogP contribution in [-0.4, -0.2) is 45.8 Å². The summed E-state index contributed by atoms with van der Waals surface area (Å²) in [5, 5.41) is 18.4. The predicted molar refractivity (Wildman–Crippen MR) is 73.3 cm³/mol. The maximum Gasteiger partial charge on any atom is 0.333 e. The predicted octanol–water partition coefficient (Wildman–Crippen LogP) is 1.39. The second-order valence-electron chi connectivity index (χ2n) is 5.09. The first-order valence-electron chi connectivity index (χ1n) is 6.67. The number of hydrogen-bond acceptors (Lipinski definition) is 5. The van der Waals surface area contributed by atoms with Gasteiger partial charge in [-0.15, -0.1) is 0 Å². The van der Waals surface area contributed by atoms with E-state index < -0.39 is 0 Å². The summed E-state index contributed by atoms with van der Waals surface area (Å²) < 4.78 is 1.56. The number of likely N-dealkylation sites (tertiary alicyclic amines) is 1. The molecule has 0 saturated carbocycles. The van der Waals surface area contributed by atoms with E-state index in [1.807, 2.05) is 0 Å². The van der Waals surface area contributed by atoms with Gasteiger partial charge in [0, 0.05) is 20.1 Å². The summed E-state index contributed by atoms with van der Waals surface area (Å²) in [6, 6.07) is 0. The van der Waals surface area contributed by atoms with Gasteiger partial charge in [-0.05, 0) is 32.4 Å². The van der Waals surface area contributed by atoms with Crippen molar-refractivity contribution in [2.45, 2.75) is 20.3 Å². The highest BCUT2D eigenvalue weighted by molar-refractivity contribution is 5.59. The molecule has 1 aromatic rings. The second-order valence-corrected chi connectivity index (χ2v) is 5.09. The SMILES string of the molecule is CCN1CCC(CNc2c([N+](=O)[O-])c(C)nn2C)C1. The summed E-state index contributed by atoms with van der Waals surface area (Å²) in [5.41, 5.74) is 0.546. The van der Waals surface area contributed by atoms with Crippen LogP contribution < -0.4 is 5.32 Å². The van der Waals surface area contributed by atoms with Gasteiger partial charge in [-0.3, -0.25) is 10.1 Å². The van der Waals surface area contributed by atoms with Crippen LogP contribution in [0.2, 0.25) is 0 Å². The van der Waals surface area contributed by atoms with E-state index in [9.17, 15) is 10.1 Å². The zero-order valence-electron chi connectivity index (χ0n) is 11.7. The third-order valence-electron chi connectivity index (χ3n) is 3.75. The average Bonchev–Trinajstić information content (AvgIpc) is 2.90. The van der Waals surface area contributed by atoms with Crippen LogP contribution in [0.1, 0.15) is 19.0 Å². The summed E-state index contributed by atoms with van der Waals surface area (Å²) in [5.74, 6) is 1.06. The quantitative estimate of drug-likeness (QED) is 0.644.